The minimum atomic E-state index is -3.92. The molecule has 0 radical (unpaired) electrons. The predicted molar refractivity (Wildman–Crippen MR) is 130 cm³/mol. The Morgan fingerprint density at radius 1 is 0.794 bits per heavy atom. The smallest absolute Gasteiger partial charge is 0.338 e. The van der Waals surface area contributed by atoms with Crippen molar-refractivity contribution in [2.24, 2.45) is 0 Å². The minimum Gasteiger partial charge on any atom is -0.338 e. The number of carbonyl (C=O) groups excluding carboxylic acids is 1. The largest absolute Gasteiger partial charge is 0.343 e. The number of benzene rings is 2. The van der Waals surface area contributed by atoms with E-state index >= 15 is 0 Å². The molecule has 176 valence electrons. The van der Waals surface area contributed by atoms with Gasteiger partial charge in [-0.25, -0.2) is 27.5 Å². The van der Waals surface area contributed by atoms with Crippen LogP contribution in [0.25, 0.3) is 0 Å². The molecule has 0 unspecified atom stereocenters. The Hall–Kier alpha value is -3.50. The van der Waals surface area contributed by atoms with E-state index in [1.807, 2.05) is 18.2 Å². The zero-order valence-corrected chi connectivity index (χ0v) is 19.5. The second-order valence-corrected chi connectivity index (χ2v) is 10.1. The summed E-state index contributed by atoms with van der Waals surface area (Å²) in [6.07, 6.45) is 4.03. The summed E-state index contributed by atoms with van der Waals surface area (Å²) in [6, 6.07) is 17.1. The molecule has 3 heterocycles. The predicted octanol–water partition coefficient (Wildman–Crippen LogP) is 2.95. The van der Waals surface area contributed by atoms with E-state index < -0.39 is 16.1 Å². The molecule has 3 aromatic rings. The van der Waals surface area contributed by atoms with Crippen LogP contribution >= 0.6 is 0 Å². The summed E-state index contributed by atoms with van der Waals surface area (Å²) in [6.45, 7) is 4.10. The van der Waals surface area contributed by atoms with Crippen LogP contribution in [0, 0.1) is 0 Å². The minimum absolute atomic E-state index is 0.126. The van der Waals surface area contributed by atoms with Crippen molar-refractivity contribution in [1.29, 1.82) is 0 Å². The van der Waals surface area contributed by atoms with E-state index in [9.17, 15) is 13.2 Å². The number of para-hydroxylation sites is 2. The first kappa shape index (κ1) is 22.3. The molecular weight excluding hydrogens is 452 g/mol. The lowest BCUT2D eigenvalue weighted by molar-refractivity contribution is 0.222. The van der Waals surface area contributed by atoms with E-state index in [1.54, 1.807) is 54.9 Å². The quantitative estimate of drug-likeness (QED) is 0.538. The number of urea groups is 1. The molecule has 0 atom stereocenters. The van der Waals surface area contributed by atoms with Crippen LogP contribution in [-0.4, -0.2) is 72.9 Å². The molecule has 2 aliphatic heterocycles. The van der Waals surface area contributed by atoms with Crippen LogP contribution in [0.1, 0.15) is 6.42 Å². The Balaban J connectivity index is 1.27. The van der Waals surface area contributed by atoms with Crippen LogP contribution in [0.5, 0.6) is 0 Å². The second kappa shape index (κ2) is 9.40. The highest BCUT2D eigenvalue weighted by Crippen LogP contribution is 2.38. The molecule has 1 aromatic heterocycles. The fourth-order valence-corrected chi connectivity index (χ4v) is 5.97. The van der Waals surface area contributed by atoms with Crippen LogP contribution in [0.2, 0.25) is 0 Å². The first-order valence-corrected chi connectivity index (χ1v) is 12.7. The van der Waals surface area contributed by atoms with Gasteiger partial charge in [0.1, 0.15) is 4.90 Å². The van der Waals surface area contributed by atoms with Gasteiger partial charge in [-0.2, -0.15) is 0 Å². The monoisotopic (exact) mass is 478 g/mol. The average Bonchev–Trinajstić information content (AvgIpc) is 2.88. The molecule has 2 aliphatic rings. The molecule has 0 saturated carbocycles. The van der Waals surface area contributed by atoms with E-state index in [2.05, 4.69) is 19.8 Å². The highest BCUT2D eigenvalue weighted by atomic mass is 32.2. The topological polar surface area (TPSA) is 90.0 Å². The normalized spacial score (nSPS) is 18.1. The SMILES string of the molecule is O=C1N(c2ccccc2)c2ccccc2S(=O)(=O)N1CCCN1CCN(c2ncccn2)CC1. The maximum Gasteiger partial charge on any atom is 0.343 e. The number of rotatable bonds is 6. The van der Waals surface area contributed by atoms with Crippen molar-refractivity contribution >= 4 is 33.4 Å². The third-order valence-electron chi connectivity index (χ3n) is 6.14. The molecule has 1 saturated heterocycles. The van der Waals surface area contributed by atoms with Gasteiger partial charge in [0.2, 0.25) is 5.95 Å². The molecule has 2 aromatic carbocycles. The van der Waals surface area contributed by atoms with Crippen molar-refractivity contribution in [3.8, 4) is 0 Å². The number of piperazine rings is 1. The zero-order valence-electron chi connectivity index (χ0n) is 18.7. The third kappa shape index (κ3) is 4.22. The van der Waals surface area contributed by atoms with Crippen LogP contribution in [0.15, 0.2) is 78.0 Å². The number of nitrogens with zero attached hydrogens (tertiary/aromatic N) is 6. The lowest BCUT2D eigenvalue weighted by Crippen LogP contribution is -2.50. The number of amides is 2. The molecular formula is C24H26N6O3S. The summed E-state index contributed by atoms with van der Waals surface area (Å²) in [4.78, 5) is 28.1. The molecule has 9 nitrogen and oxygen atoms in total. The molecule has 0 aliphatic carbocycles. The van der Waals surface area contributed by atoms with Gasteiger partial charge in [0.25, 0.3) is 10.0 Å². The fourth-order valence-electron chi connectivity index (χ4n) is 4.40. The summed E-state index contributed by atoms with van der Waals surface area (Å²) in [7, 11) is -3.92. The van der Waals surface area contributed by atoms with E-state index in [1.165, 1.54) is 4.90 Å². The number of carbonyl (C=O) groups is 1. The number of hydrogen-bond donors (Lipinski definition) is 0. The van der Waals surface area contributed by atoms with E-state index in [-0.39, 0.29) is 11.4 Å². The van der Waals surface area contributed by atoms with Crippen molar-refractivity contribution in [2.75, 3.05) is 49.1 Å². The van der Waals surface area contributed by atoms with Gasteiger partial charge < -0.3 is 4.90 Å². The van der Waals surface area contributed by atoms with Crippen molar-refractivity contribution in [1.82, 2.24) is 19.2 Å². The fraction of sp³-hybridized carbons (Fsp3) is 0.292. The van der Waals surface area contributed by atoms with Gasteiger partial charge in [0, 0.05) is 51.7 Å². The van der Waals surface area contributed by atoms with E-state index in [0.717, 1.165) is 36.4 Å². The molecule has 34 heavy (non-hydrogen) atoms. The number of hydrogen-bond acceptors (Lipinski definition) is 7. The Morgan fingerprint density at radius 2 is 1.47 bits per heavy atom. The van der Waals surface area contributed by atoms with E-state index in [4.69, 9.17) is 0 Å². The van der Waals surface area contributed by atoms with Crippen molar-refractivity contribution in [2.45, 2.75) is 11.3 Å². The van der Waals surface area contributed by atoms with Crippen LogP contribution in [0.4, 0.5) is 22.1 Å². The van der Waals surface area contributed by atoms with Gasteiger partial charge in [0.05, 0.1) is 11.4 Å². The zero-order chi connectivity index (χ0) is 23.5. The lowest BCUT2D eigenvalue weighted by atomic mass is 10.2. The first-order chi connectivity index (χ1) is 16.6. The van der Waals surface area contributed by atoms with Gasteiger partial charge >= 0.3 is 6.03 Å². The molecule has 0 spiro atoms. The highest BCUT2D eigenvalue weighted by Gasteiger charge is 2.41. The summed E-state index contributed by atoms with van der Waals surface area (Å²) >= 11 is 0. The third-order valence-corrected chi connectivity index (χ3v) is 7.96. The van der Waals surface area contributed by atoms with Crippen LogP contribution in [-0.2, 0) is 10.0 Å². The van der Waals surface area contributed by atoms with Crippen molar-refractivity contribution in [3.63, 3.8) is 0 Å². The Bertz CT molecular complexity index is 1250. The Morgan fingerprint density at radius 3 is 2.21 bits per heavy atom. The summed E-state index contributed by atoms with van der Waals surface area (Å²) in [5, 5.41) is 0. The standard InChI is InChI=1S/C24H26N6O3S/c31-24-29(15-7-14-27-16-18-28(19-17-27)23-25-12-6-13-26-23)34(32,33)22-11-5-4-10-21(22)30(24)20-8-2-1-3-9-20/h1-6,8-13H,7,14-19H2. The Kier molecular flexibility index (Phi) is 6.16. The maximum absolute atomic E-state index is 13.4. The maximum atomic E-state index is 13.4. The van der Waals surface area contributed by atoms with Crippen LogP contribution in [0.3, 0.4) is 0 Å². The van der Waals surface area contributed by atoms with E-state index in [0.29, 0.717) is 24.3 Å². The first-order valence-electron chi connectivity index (χ1n) is 11.3. The molecule has 0 bridgehead atoms. The Labute approximate surface area is 199 Å². The summed E-state index contributed by atoms with van der Waals surface area (Å²) < 4.78 is 27.6. The van der Waals surface area contributed by atoms with Crippen molar-refractivity contribution in [3.05, 3.63) is 73.1 Å². The van der Waals surface area contributed by atoms with Crippen molar-refractivity contribution < 1.29 is 13.2 Å². The molecule has 2 amide bonds. The lowest BCUT2D eigenvalue weighted by Gasteiger charge is -2.37. The second-order valence-electron chi connectivity index (χ2n) is 8.23. The van der Waals surface area contributed by atoms with Gasteiger partial charge in [-0.1, -0.05) is 30.3 Å². The molecule has 10 heteroatoms. The summed E-state index contributed by atoms with van der Waals surface area (Å²) in [5.74, 6) is 0.729. The number of aromatic nitrogens is 2. The highest BCUT2D eigenvalue weighted by molar-refractivity contribution is 7.90. The van der Waals surface area contributed by atoms with Gasteiger partial charge in [0.15, 0.2) is 0 Å². The van der Waals surface area contributed by atoms with Gasteiger partial charge in [-0.05, 0) is 36.8 Å². The average molecular weight is 479 g/mol. The number of fused-ring (bicyclic) bond motifs is 1. The number of anilines is 3. The number of sulfonamides is 1. The van der Waals surface area contributed by atoms with Gasteiger partial charge in [-0.15, -0.1) is 0 Å². The molecule has 1 fully saturated rings. The van der Waals surface area contributed by atoms with Crippen LogP contribution < -0.4 is 9.80 Å². The summed E-state index contributed by atoms with van der Waals surface area (Å²) in [5.41, 5.74) is 1.02. The van der Waals surface area contributed by atoms with Gasteiger partial charge in [-0.3, -0.25) is 9.80 Å². The molecule has 5 rings (SSSR count). The molecule has 0 N–H and O–H groups in total.